The third-order valence-electron chi connectivity index (χ3n) is 4.28. The molecule has 0 aromatic heterocycles. The van der Waals surface area contributed by atoms with Gasteiger partial charge in [-0.15, -0.1) is 0 Å². The Morgan fingerprint density at radius 1 is 1.08 bits per heavy atom. The Morgan fingerprint density at radius 3 is 2.32 bits per heavy atom. The van der Waals surface area contributed by atoms with Gasteiger partial charge in [0, 0.05) is 17.2 Å². The number of rotatable bonds is 7. The molecule has 4 heteroatoms. The van der Waals surface area contributed by atoms with Gasteiger partial charge in [0.1, 0.15) is 11.9 Å². The Hall–Kier alpha value is -2.20. The smallest absolute Gasteiger partial charge is 0.278 e. The number of hydrogen-bond donors (Lipinski definition) is 2. The second kappa shape index (κ2) is 8.77. The first kappa shape index (κ1) is 19.1. The predicted octanol–water partition coefficient (Wildman–Crippen LogP) is 2.95. The largest absolute Gasteiger partial charge is 0.349 e. The highest BCUT2D eigenvalue weighted by molar-refractivity contribution is 5.80. The van der Waals surface area contributed by atoms with Crippen LogP contribution in [0.5, 0.6) is 0 Å². The molecule has 3 N–H and O–H groups in total. The van der Waals surface area contributed by atoms with Gasteiger partial charge in [-0.2, -0.15) is 0 Å². The van der Waals surface area contributed by atoms with Crippen LogP contribution in [0.25, 0.3) is 0 Å². The third kappa shape index (κ3) is 5.40. The van der Waals surface area contributed by atoms with Crippen molar-refractivity contribution >= 4 is 5.91 Å². The number of benzene rings is 2. The van der Waals surface area contributed by atoms with Crippen LogP contribution in [-0.2, 0) is 11.2 Å². The molecule has 0 fully saturated rings. The van der Waals surface area contributed by atoms with Gasteiger partial charge in [0.25, 0.3) is 5.91 Å². The predicted molar refractivity (Wildman–Crippen MR) is 98.7 cm³/mol. The van der Waals surface area contributed by atoms with Crippen molar-refractivity contribution in [3.63, 3.8) is 0 Å². The van der Waals surface area contributed by atoms with Gasteiger partial charge in [0.15, 0.2) is 6.04 Å². The van der Waals surface area contributed by atoms with Crippen LogP contribution in [0.15, 0.2) is 48.5 Å². The topological polar surface area (TPSA) is 45.7 Å². The van der Waals surface area contributed by atoms with E-state index in [-0.39, 0.29) is 29.8 Å². The lowest BCUT2D eigenvalue weighted by molar-refractivity contribution is -0.704. The van der Waals surface area contributed by atoms with Crippen molar-refractivity contribution in [1.29, 1.82) is 0 Å². The monoisotopic (exact) mass is 343 g/mol. The van der Waals surface area contributed by atoms with E-state index in [1.54, 1.807) is 12.1 Å². The molecule has 2 rings (SSSR count). The lowest BCUT2D eigenvalue weighted by Gasteiger charge is -2.21. The summed E-state index contributed by atoms with van der Waals surface area (Å²) in [6.07, 6.45) is 0.974. The van der Waals surface area contributed by atoms with Gasteiger partial charge in [-0.25, -0.2) is 4.39 Å². The molecule has 2 aromatic carbocycles. The van der Waals surface area contributed by atoms with Crippen LogP contribution in [0, 0.1) is 5.82 Å². The number of carbonyl (C=O) groups excluding carboxylic acids is 1. The van der Waals surface area contributed by atoms with E-state index in [2.05, 4.69) is 36.5 Å². The van der Waals surface area contributed by atoms with Gasteiger partial charge in [0.05, 0.1) is 0 Å². The van der Waals surface area contributed by atoms with Crippen LogP contribution >= 0.6 is 0 Å². The van der Waals surface area contributed by atoms with Crippen LogP contribution < -0.4 is 10.6 Å². The van der Waals surface area contributed by atoms with E-state index in [1.165, 1.54) is 11.6 Å². The van der Waals surface area contributed by atoms with E-state index in [4.69, 9.17) is 0 Å². The van der Waals surface area contributed by atoms with Crippen LogP contribution in [0.1, 0.15) is 50.4 Å². The normalized spacial score (nSPS) is 13.5. The molecule has 0 saturated heterocycles. The van der Waals surface area contributed by atoms with E-state index in [0.29, 0.717) is 0 Å². The zero-order valence-corrected chi connectivity index (χ0v) is 15.4. The Labute approximate surface area is 149 Å². The number of quaternary nitrogens is 1. The molecule has 0 saturated carbocycles. The first-order valence-corrected chi connectivity index (χ1v) is 8.90. The summed E-state index contributed by atoms with van der Waals surface area (Å²) in [5.74, 6) is -0.276. The zero-order chi connectivity index (χ0) is 18.4. The molecule has 25 heavy (non-hydrogen) atoms. The fourth-order valence-electron chi connectivity index (χ4n) is 2.87. The average Bonchev–Trinajstić information content (AvgIpc) is 2.59. The summed E-state index contributed by atoms with van der Waals surface area (Å²) in [5.41, 5.74) is 3.17. The molecule has 0 heterocycles. The van der Waals surface area contributed by atoms with E-state index in [9.17, 15) is 9.18 Å². The molecule has 0 radical (unpaired) electrons. The summed E-state index contributed by atoms with van der Waals surface area (Å²) in [5, 5.41) is 4.93. The highest BCUT2D eigenvalue weighted by Crippen LogP contribution is 2.20. The summed E-state index contributed by atoms with van der Waals surface area (Å²) in [6, 6.07) is 14.6. The van der Waals surface area contributed by atoms with E-state index >= 15 is 0 Å². The van der Waals surface area contributed by atoms with E-state index in [1.807, 2.05) is 32.2 Å². The number of carbonyl (C=O) groups is 1. The maximum Gasteiger partial charge on any atom is 0.278 e. The van der Waals surface area contributed by atoms with Gasteiger partial charge < -0.3 is 10.6 Å². The Kier molecular flexibility index (Phi) is 6.71. The first-order valence-electron chi connectivity index (χ1n) is 8.90. The second-order valence-corrected chi connectivity index (χ2v) is 6.77. The number of amides is 1. The van der Waals surface area contributed by atoms with Crippen molar-refractivity contribution in [2.75, 3.05) is 0 Å². The van der Waals surface area contributed by atoms with Crippen molar-refractivity contribution in [2.24, 2.45) is 0 Å². The quantitative estimate of drug-likeness (QED) is 0.798. The van der Waals surface area contributed by atoms with Crippen LogP contribution in [-0.4, -0.2) is 18.0 Å². The summed E-state index contributed by atoms with van der Waals surface area (Å²) < 4.78 is 13.7. The first-order chi connectivity index (χ1) is 11.9. The Morgan fingerprint density at radius 2 is 1.76 bits per heavy atom. The number of hydrogen-bond acceptors (Lipinski definition) is 1. The van der Waals surface area contributed by atoms with E-state index < -0.39 is 0 Å². The molecule has 0 aliphatic carbocycles. The second-order valence-electron chi connectivity index (χ2n) is 6.77. The van der Waals surface area contributed by atoms with Gasteiger partial charge >= 0.3 is 0 Å². The fraction of sp³-hybridized carbons (Fsp3) is 0.381. The van der Waals surface area contributed by atoms with Gasteiger partial charge in [-0.05, 0) is 44.9 Å². The maximum absolute atomic E-state index is 13.7. The lowest BCUT2D eigenvalue weighted by Crippen LogP contribution is -2.93. The van der Waals surface area contributed by atoms with Gasteiger partial charge in [-0.1, -0.05) is 43.3 Å². The summed E-state index contributed by atoms with van der Waals surface area (Å²) in [4.78, 5) is 12.3. The molecule has 0 aliphatic heterocycles. The van der Waals surface area contributed by atoms with Crippen LogP contribution in [0.3, 0.4) is 0 Å². The molecule has 2 aromatic rings. The third-order valence-corrected chi connectivity index (χ3v) is 4.28. The lowest BCUT2D eigenvalue weighted by atomic mass is 9.96. The number of nitrogens with two attached hydrogens (primary N) is 1. The zero-order valence-electron chi connectivity index (χ0n) is 15.4. The molecule has 0 aliphatic rings. The van der Waals surface area contributed by atoms with Crippen molar-refractivity contribution in [2.45, 2.75) is 52.2 Å². The molecule has 1 amide bonds. The molecular formula is C21H28FN2O+. The van der Waals surface area contributed by atoms with Crippen molar-refractivity contribution in [1.82, 2.24) is 5.32 Å². The molecule has 2 atom stereocenters. The number of halogens is 1. The fourth-order valence-corrected chi connectivity index (χ4v) is 2.87. The SMILES string of the molecule is CCc1ccc([C@@H]([NH2+][C@@H](C)C(=O)NC(C)C)c2cccc(F)c2)cc1. The van der Waals surface area contributed by atoms with Crippen LogP contribution in [0.2, 0.25) is 0 Å². The van der Waals surface area contributed by atoms with E-state index in [0.717, 1.165) is 17.5 Å². The average molecular weight is 343 g/mol. The summed E-state index contributed by atoms with van der Waals surface area (Å²) >= 11 is 0. The van der Waals surface area contributed by atoms with Crippen LogP contribution in [0.4, 0.5) is 4.39 Å². The number of aryl methyl sites for hydroxylation is 1. The highest BCUT2D eigenvalue weighted by Gasteiger charge is 2.25. The maximum atomic E-state index is 13.7. The van der Waals surface area contributed by atoms with Gasteiger partial charge in [0.2, 0.25) is 0 Å². The Balaban J connectivity index is 2.30. The minimum Gasteiger partial charge on any atom is -0.349 e. The van der Waals surface area contributed by atoms with Gasteiger partial charge in [-0.3, -0.25) is 4.79 Å². The molecule has 0 spiro atoms. The highest BCUT2D eigenvalue weighted by atomic mass is 19.1. The molecule has 134 valence electrons. The summed E-state index contributed by atoms with van der Waals surface area (Å²) in [7, 11) is 0. The standard InChI is InChI=1S/C21H27FN2O/c1-5-16-9-11-17(12-10-16)20(18-7-6-8-19(22)13-18)24-15(4)21(25)23-14(2)3/h6-15,20,24H,5H2,1-4H3,(H,23,25)/p+1/t15-,20+/m0/s1. The minimum absolute atomic E-state index is 0.0124. The molecule has 0 unspecified atom stereocenters. The van der Waals surface area contributed by atoms with Crippen molar-refractivity contribution in [3.8, 4) is 0 Å². The summed E-state index contributed by atoms with van der Waals surface area (Å²) in [6.45, 7) is 7.88. The molecule has 3 nitrogen and oxygen atoms in total. The number of nitrogens with one attached hydrogen (secondary N) is 1. The minimum atomic E-state index is -0.276. The van der Waals surface area contributed by atoms with Crippen molar-refractivity contribution < 1.29 is 14.5 Å². The van der Waals surface area contributed by atoms with Crippen molar-refractivity contribution in [3.05, 3.63) is 71.0 Å². The molecule has 0 bridgehead atoms. The molecular weight excluding hydrogens is 315 g/mol. The Bertz CT molecular complexity index is 697.